The van der Waals surface area contributed by atoms with Crippen molar-refractivity contribution >= 4 is 23.0 Å². The Morgan fingerprint density at radius 2 is 2.03 bits per heavy atom. The van der Waals surface area contributed by atoms with Gasteiger partial charge in [0.25, 0.3) is 0 Å². The van der Waals surface area contributed by atoms with Crippen LogP contribution in [0.4, 0.5) is 18.0 Å². The molecular weight excluding hydrogens is 465 g/mol. The Morgan fingerprint density at radius 3 is 2.77 bits per heavy atom. The number of piperidine rings is 1. The summed E-state index contributed by atoms with van der Waals surface area (Å²) in [5.74, 6) is 0.264. The Bertz CT molecular complexity index is 1180. The van der Waals surface area contributed by atoms with Crippen molar-refractivity contribution in [1.82, 2.24) is 29.9 Å². The smallest absolute Gasteiger partial charge is 0.366 e. The van der Waals surface area contributed by atoms with Crippen LogP contribution in [0.1, 0.15) is 30.7 Å². The topological polar surface area (TPSA) is 92.6 Å². The van der Waals surface area contributed by atoms with Crippen LogP contribution in [0.3, 0.4) is 0 Å². The molecule has 1 spiro atoms. The van der Waals surface area contributed by atoms with Gasteiger partial charge in [-0.2, -0.15) is 18.3 Å². The number of hydrogen-bond acceptors (Lipinski definition) is 5. The first-order chi connectivity index (χ1) is 16.6. The number of halogens is 3. The first-order valence-electron chi connectivity index (χ1n) is 11.9. The lowest BCUT2D eigenvalue weighted by Crippen LogP contribution is -2.68. The number of amides is 3. The Morgan fingerprint density at radius 1 is 1.26 bits per heavy atom. The van der Waals surface area contributed by atoms with Crippen molar-refractivity contribution in [3.8, 4) is 0 Å². The molecule has 2 aromatic rings. The first-order valence-corrected chi connectivity index (χ1v) is 11.9. The minimum Gasteiger partial charge on any atom is -0.366 e. The number of carbonyl (C=O) groups excluding carboxylic acids is 2. The van der Waals surface area contributed by atoms with Crippen molar-refractivity contribution in [2.75, 3.05) is 32.8 Å². The van der Waals surface area contributed by atoms with E-state index in [1.165, 1.54) is 17.8 Å². The molecule has 1 saturated carbocycles. The van der Waals surface area contributed by atoms with Gasteiger partial charge < -0.3 is 19.9 Å². The third kappa shape index (κ3) is 3.91. The molecule has 4 aliphatic rings. The minimum absolute atomic E-state index is 0.0149. The molecule has 2 aromatic heterocycles. The van der Waals surface area contributed by atoms with Crippen LogP contribution in [0, 0.1) is 11.3 Å². The molecule has 3 amide bonds. The van der Waals surface area contributed by atoms with E-state index in [0.29, 0.717) is 25.4 Å². The molecule has 12 heteroatoms. The van der Waals surface area contributed by atoms with E-state index in [-0.39, 0.29) is 47.1 Å². The van der Waals surface area contributed by atoms with Crippen molar-refractivity contribution in [3.63, 3.8) is 0 Å². The third-order valence-corrected chi connectivity index (χ3v) is 7.87. The van der Waals surface area contributed by atoms with Gasteiger partial charge >= 0.3 is 12.2 Å². The number of nitrogens with one attached hydrogen (secondary N) is 1. The summed E-state index contributed by atoms with van der Waals surface area (Å²) < 4.78 is 46.3. The van der Waals surface area contributed by atoms with Crippen LogP contribution in [-0.2, 0) is 29.2 Å². The summed E-state index contributed by atoms with van der Waals surface area (Å²) in [6, 6.07) is 3.00. The molecule has 1 N–H and O–H groups in total. The number of alkyl halides is 3. The number of urea groups is 1. The number of likely N-dealkylation sites (tertiary alicyclic amines) is 2. The van der Waals surface area contributed by atoms with E-state index in [4.69, 9.17) is 4.74 Å². The fourth-order valence-corrected chi connectivity index (χ4v) is 6.33. The molecule has 0 unspecified atom stereocenters. The van der Waals surface area contributed by atoms with E-state index in [2.05, 4.69) is 15.4 Å². The van der Waals surface area contributed by atoms with Gasteiger partial charge in [-0.05, 0) is 43.7 Å². The van der Waals surface area contributed by atoms with Crippen molar-refractivity contribution in [3.05, 3.63) is 23.5 Å². The van der Waals surface area contributed by atoms with Gasteiger partial charge in [-0.1, -0.05) is 0 Å². The second kappa shape index (κ2) is 7.81. The highest BCUT2D eigenvalue weighted by molar-refractivity contribution is 5.80. The normalized spacial score (nSPS) is 26.3. The van der Waals surface area contributed by atoms with Crippen molar-refractivity contribution < 1.29 is 27.5 Å². The molecule has 5 heterocycles. The highest BCUT2D eigenvalue weighted by Crippen LogP contribution is 2.53. The molecule has 0 radical (unpaired) electrons. The lowest BCUT2D eigenvalue weighted by Gasteiger charge is -2.60. The first kappa shape index (κ1) is 22.6. The molecule has 35 heavy (non-hydrogen) atoms. The lowest BCUT2D eigenvalue weighted by molar-refractivity contribution is -0.140. The maximum atomic E-state index is 13.2. The SMILES string of the molecule is Cn1nc(C(F)(F)F)c2ccc(CC3CC4(C3)CN(C(=O)N3CC[C@@H]5OCC(=O)N[C@@H]5C3)C4)nc21. The zero-order valence-electron chi connectivity index (χ0n) is 19.3. The Labute approximate surface area is 199 Å². The second-order valence-electron chi connectivity index (χ2n) is 10.5. The van der Waals surface area contributed by atoms with Crippen molar-refractivity contribution in [2.24, 2.45) is 18.4 Å². The summed E-state index contributed by atoms with van der Waals surface area (Å²) in [6.07, 6.45) is -1.16. The lowest BCUT2D eigenvalue weighted by atomic mass is 9.57. The molecule has 0 aromatic carbocycles. The number of fused-ring (bicyclic) bond motifs is 2. The van der Waals surface area contributed by atoms with Gasteiger partial charge in [0.15, 0.2) is 11.3 Å². The number of pyridine rings is 1. The maximum absolute atomic E-state index is 13.2. The maximum Gasteiger partial charge on any atom is 0.435 e. The molecule has 4 fully saturated rings. The van der Waals surface area contributed by atoms with Crippen molar-refractivity contribution in [1.29, 1.82) is 0 Å². The van der Waals surface area contributed by atoms with Crippen LogP contribution in [0.5, 0.6) is 0 Å². The van der Waals surface area contributed by atoms with Gasteiger partial charge in [0.05, 0.1) is 17.5 Å². The monoisotopic (exact) mass is 492 g/mol. The van der Waals surface area contributed by atoms with Crippen LogP contribution in [-0.4, -0.2) is 81.4 Å². The van der Waals surface area contributed by atoms with Crippen LogP contribution in [0.25, 0.3) is 11.0 Å². The van der Waals surface area contributed by atoms with E-state index in [1.807, 2.05) is 4.90 Å². The van der Waals surface area contributed by atoms with Crippen LogP contribution in [0.2, 0.25) is 0 Å². The van der Waals surface area contributed by atoms with Crippen molar-refractivity contribution in [2.45, 2.75) is 44.0 Å². The molecular formula is C23H27F3N6O3. The Kier molecular flexibility index (Phi) is 5.03. The molecule has 9 nitrogen and oxygen atoms in total. The highest BCUT2D eigenvalue weighted by atomic mass is 19.4. The van der Waals surface area contributed by atoms with Crippen LogP contribution >= 0.6 is 0 Å². The zero-order chi connectivity index (χ0) is 24.5. The number of hydrogen-bond donors (Lipinski definition) is 1. The number of carbonyl (C=O) groups is 2. The van der Waals surface area contributed by atoms with Gasteiger partial charge in [-0.15, -0.1) is 0 Å². The summed E-state index contributed by atoms with van der Waals surface area (Å²) in [7, 11) is 1.48. The van der Waals surface area contributed by atoms with E-state index in [1.54, 1.807) is 11.0 Å². The Hall–Kier alpha value is -2.89. The number of aromatic nitrogens is 3. The fraction of sp³-hybridized carbons (Fsp3) is 0.652. The highest BCUT2D eigenvalue weighted by Gasteiger charge is 2.54. The number of ether oxygens (including phenoxy) is 1. The number of rotatable bonds is 2. The average Bonchev–Trinajstić information content (AvgIpc) is 3.10. The summed E-state index contributed by atoms with van der Waals surface area (Å²) in [4.78, 5) is 32.7. The second-order valence-corrected chi connectivity index (χ2v) is 10.5. The minimum atomic E-state index is -4.51. The quantitative estimate of drug-likeness (QED) is 0.692. The molecule has 3 saturated heterocycles. The van der Waals surface area contributed by atoms with Crippen LogP contribution in [0.15, 0.2) is 12.1 Å². The third-order valence-electron chi connectivity index (χ3n) is 7.87. The average molecular weight is 493 g/mol. The van der Waals surface area contributed by atoms with Crippen LogP contribution < -0.4 is 5.32 Å². The molecule has 3 aliphatic heterocycles. The largest absolute Gasteiger partial charge is 0.435 e. The van der Waals surface area contributed by atoms with Gasteiger partial charge in [0.1, 0.15) is 6.61 Å². The molecule has 2 atom stereocenters. The summed E-state index contributed by atoms with van der Waals surface area (Å²) in [6.45, 7) is 2.63. The van der Waals surface area contributed by atoms with Gasteiger partial charge in [-0.3, -0.25) is 4.79 Å². The summed E-state index contributed by atoms with van der Waals surface area (Å²) in [5, 5.41) is 6.55. The van der Waals surface area contributed by atoms with Gasteiger partial charge in [0, 0.05) is 44.3 Å². The summed E-state index contributed by atoms with van der Waals surface area (Å²) >= 11 is 0. The van der Waals surface area contributed by atoms with E-state index in [9.17, 15) is 22.8 Å². The molecule has 0 bridgehead atoms. The molecule has 6 rings (SSSR count). The predicted octanol–water partition coefficient (Wildman–Crippen LogP) is 1.95. The predicted molar refractivity (Wildman–Crippen MR) is 117 cm³/mol. The summed E-state index contributed by atoms with van der Waals surface area (Å²) in [5.41, 5.74) is 0.244. The fourth-order valence-electron chi connectivity index (χ4n) is 6.33. The molecule has 1 aliphatic carbocycles. The van der Waals surface area contributed by atoms with Gasteiger partial charge in [-0.25, -0.2) is 14.5 Å². The molecule has 188 valence electrons. The van der Waals surface area contributed by atoms with E-state index in [0.717, 1.165) is 38.0 Å². The number of aryl methyl sites for hydroxylation is 1. The number of nitrogens with zero attached hydrogens (tertiary/aromatic N) is 5. The van der Waals surface area contributed by atoms with Gasteiger partial charge in [0.2, 0.25) is 5.91 Å². The van der Waals surface area contributed by atoms with E-state index < -0.39 is 11.9 Å². The zero-order valence-corrected chi connectivity index (χ0v) is 19.3. The van der Waals surface area contributed by atoms with E-state index >= 15 is 0 Å². The number of morpholine rings is 1. The Balaban J connectivity index is 1.02. The standard InChI is InChI=1S/C23H27F3N6O3/c1-30-20-15(19(29-30)23(24,25)26)3-2-14(27-20)6-13-7-22(8-13)11-32(12-22)21(34)31-5-4-17-16(9-31)28-18(33)10-35-17/h2-3,13,16-17H,4-12H2,1H3,(H,28,33)/t16-,17+/m1/s1.